The van der Waals surface area contributed by atoms with Crippen LogP contribution in [0.25, 0.3) is 0 Å². The smallest absolute Gasteiger partial charge is 0.231 e. The quantitative estimate of drug-likeness (QED) is 0.834. The van der Waals surface area contributed by atoms with Gasteiger partial charge < -0.3 is 20.5 Å². The molecule has 2 aliphatic carbocycles. The second-order valence-electron chi connectivity index (χ2n) is 6.85. The Morgan fingerprint density at radius 3 is 2.88 bits per heavy atom. The number of aryl methyl sites for hydroxylation is 1. The van der Waals surface area contributed by atoms with Gasteiger partial charge in [-0.15, -0.1) is 0 Å². The first kappa shape index (κ1) is 13.7. The molecule has 5 nitrogen and oxygen atoms in total. The molecule has 1 heterocycles. The predicted octanol–water partition coefficient (Wildman–Crippen LogP) is 2.84. The summed E-state index contributed by atoms with van der Waals surface area (Å²) < 4.78 is 10.7. The Balaban J connectivity index is 1.38. The number of rotatable bonds is 2. The predicted molar refractivity (Wildman–Crippen MR) is 90.2 cm³/mol. The lowest BCUT2D eigenvalue weighted by atomic mass is 9.95. The zero-order valence-corrected chi connectivity index (χ0v) is 13.2. The molecule has 5 heteroatoms. The van der Waals surface area contributed by atoms with Crippen molar-refractivity contribution >= 4 is 17.3 Å². The van der Waals surface area contributed by atoms with E-state index in [4.69, 9.17) is 15.2 Å². The van der Waals surface area contributed by atoms with Gasteiger partial charge in [-0.3, -0.25) is 4.79 Å². The number of carbonyl (C=O) groups is 1. The Morgan fingerprint density at radius 1 is 1.21 bits per heavy atom. The summed E-state index contributed by atoms with van der Waals surface area (Å²) in [5.74, 6) is 1.30. The minimum atomic E-state index is 0.0194. The lowest BCUT2D eigenvalue weighted by Crippen LogP contribution is -2.20. The van der Waals surface area contributed by atoms with E-state index in [2.05, 4.69) is 29.6 Å². The number of anilines is 2. The Kier molecular flexibility index (Phi) is 2.66. The second kappa shape index (κ2) is 4.66. The van der Waals surface area contributed by atoms with E-state index < -0.39 is 0 Å². The standard InChI is InChI=1S/C19H18N2O3/c20-14-7-16-17(24-10-23-16)8-15(14)21-18(22)13-9-19(13)6-5-11-3-1-2-4-12(11)19/h1-4,7-8,13H,5-6,9-10,20H2,(H,21,22). The van der Waals surface area contributed by atoms with Crippen molar-refractivity contribution in [3.8, 4) is 11.5 Å². The van der Waals surface area contributed by atoms with E-state index in [1.807, 2.05) is 0 Å². The molecule has 1 aliphatic heterocycles. The summed E-state index contributed by atoms with van der Waals surface area (Å²) in [6.45, 7) is 0.189. The lowest BCUT2D eigenvalue weighted by molar-refractivity contribution is -0.117. The van der Waals surface area contributed by atoms with Crippen LogP contribution >= 0.6 is 0 Å². The van der Waals surface area contributed by atoms with Gasteiger partial charge in [0.25, 0.3) is 0 Å². The van der Waals surface area contributed by atoms with Gasteiger partial charge in [0.15, 0.2) is 11.5 Å². The Bertz CT molecular complexity index is 864. The highest BCUT2D eigenvalue weighted by Crippen LogP contribution is 2.61. The highest BCUT2D eigenvalue weighted by molar-refractivity contribution is 5.99. The molecule has 1 saturated carbocycles. The van der Waals surface area contributed by atoms with E-state index in [0.29, 0.717) is 22.9 Å². The van der Waals surface area contributed by atoms with Gasteiger partial charge in [-0.05, 0) is 30.4 Å². The second-order valence-corrected chi connectivity index (χ2v) is 6.85. The number of nitrogens with one attached hydrogen (secondary N) is 1. The average molecular weight is 322 g/mol. The monoisotopic (exact) mass is 322 g/mol. The van der Waals surface area contributed by atoms with Gasteiger partial charge in [-0.1, -0.05) is 24.3 Å². The Hall–Kier alpha value is -2.69. The first-order chi connectivity index (χ1) is 11.7. The molecule has 24 heavy (non-hydrogen) atoms. The molecule has 2 aromatic rings. The number of amides is 1. The van der Waals surface area contributed by atoms with E-state index in [9.17, 15) is 4.79 Å². The maximum Gasteiger partial charge on any atom is 0.231 e. The van der Waals surface area contributed by atoms with E-state index in [-0.39, 0.29) is 24.0 Å². The van der Waals surface area contributed by atoms with Crippen molar-refractivity contribution in [2.75, 3.05) is 17.8 Å². The van der Waals surface area contributed by atoms with Gasteiger partial charge in [-0.25, -0.2) is 0 Å². The highest BCUT2D eigenvalue weighted by atomic mass is 16.7. The highest BCUT2D eigenvalue weighted by Gasteiger charge is 2.61. The van der Waals surface area contributed by atoms with Crippen molar-refractivity contribution < 1.29 is 14.3 Å². The lowest BCUT2D eigenvalue weighted by Gasteiger charge is -2.13. The third kappa shape index (κ3) is 1.84. The van der Waals surface area contributed by atoms with Crippen LogP contribution in [-0.2, 0) is 16.6 Å². The van der Waals surface area contributed by atoms with Crippen molar-refractivity contribution in [1.29, 1.82) is 0 Å². The molecular formula is C19H18N2O3. The van der Waals surface area contributed by atoms with Gasteiger partial charge in [0.05, 0.1) is 11.4 Å². The zero-order valence-electron chi connectivity index (χ0n) is 13.2. The minimum Gasteiger partial charge on any atom is -0.454 e. The molecular weight excluding hydrogens is 304 g/mol. The minimum absolute atomic E-state index is 0.0194. The number of nitrogen functional groups attached to an aromatic ring is 1. The van der Waals surface area contributed by atoms with Crippen LogP contribution in [0.5, 0.6) is 11.5 Å². The van der Waals surface area contributed by atoms with E-state index in [0.717, 1.165) is 19.3 Å². The average Bonchev–Trinajstić information content (AvgIpc) is 2.95. The molecule has 5 rings (SSSR count). The molecule has 2 unspecified atom stereocenters. The number of ether oxygens (including phenoxy) is 2. The van der Waals surface area contributed by atoms with Crippen LogP contribution in [0.3, 0.4) is 0 Å². The van der Waals surface area contributed by atoms with Crippen LogP contribution in [0.4, 0.5) is 11.4 Å². The van der Waals surface area contributed by atoms with Gasteiger partial charge >= 0.3 is 0 Å². The summed E-state index contributed by atoms with van der Waals surface area (Å²) in [5, 5.41) is 2.98. The maximum atomic E-state index is 12.8. The van der Waals surface area contributed by atoms with E-state index in [1.54, 1.807) is 12.1 Å². The third-order valence-electron chi connectivity index (χ3n) is 5.59. The zero-order chi connectivity index (χ0) is 16.3. The normalized spacial score (nSPS) is 25.6. The van der Waals surface area contributed by atoms with Gasteiger partial charge in [-0.2, -0.15) is 0 Å². The SMILES string of the molecule is Nc1cc2c(cc1NC(=O)C1CC13CCc1ccccc13)OCO2. The van der Waals surface area contributed by atoms with Crippen molar-refractivity contribution in [3.63, 3.8) is 0 Å². The number of hydrogen-bond acceptors (Lipinski definition) is 4. The first-order valence-electron chi connectivity index (χ1n) is 8.26. The molecule has 2 atom stereocenters. The fourth-order valence-corrected chi connectivity index (χ4v) is 4.23. The van der Waals surface area contributed by atoms with Crippen LogP contribution < -0.4 is 20.5 Å². The molecule has 122 valence electrons. The molecule has 3 aliphatic rings. The fourth-order valence-electron chi connectivity index (χ4n) is 4.23. The summed E-state index contributed by atoms with van der Waals surface area (Å²) >= 11 is 0. The van der Waals surface area contributed by atoms with Gasteiger partial charge in [0.2, 0.25) is 12.7 Å². The van der Waals surface area contributed by atoms with E-state index >= 15 is 0 Å². The molecule has 1 fully saturated rings. The summed E-state index contributed by atoms with van der Waals surface area (Å²) in [4.78, 5) is 12.8. The summed E-state index contributed by atoms with van der Waals surface area (Å²) in [6.07, 6.45) is 3.04. The molecule has 2 aromatic carbocycles. The summed E-state index contributed by atoms with van der Waals surface area (Å²) in [7, 11) is 0. The van der Waals surface area contributed by atoms with Crippen LogP contribution in [0, 0.1) is 5.92 Å². The van der Waals surface area contributed by atoms with Crippen molar-refractivity contribution in [1.82, 2.24) is 0 Å². The van der Waals surface area contributed by atoms with Gasteiger partial charge in [0, 0.05) is 23.5 Å². The topological polar surface area (TPSA) is 73.6 Å². The largest absolute Gasteiger partial charge is 0.454 e. The number of benzene rings is 2. The van der Waals surface area contributed by atoms with E-state index in [1.165, 1.54) is 11.1 Å². The van der Waals surface area contributed by atoms with Crippen molar-refractivity contribution in [2.24, 2.45) is 5.92 Å². The number of hydrogen-bond donors (Lipinski definition) is 2. The van der Waals surface area contributed by atoms with Crippen LogP contribution in [0.2, 0.25) is 0 Å². The van der Waals surface area contributed by atoms with Crippen molar-refractivity contribution in [2.45, 2.75) is 24.7 Å². The molecule has 0 bridgehead atoms. The van der Waals surface area contributed by atoms with Crippen molar-refractivity contribution in [3.05, 3.63) is 47.5 Å². The first-order valence-corrected chi connectivity index (χ1v) is 8.26. The Labute approximate surface area is 139 Å². The molecule has 1 spiro atoms. The number of carbonyl (C=O) groups excluding carboxylic acids is 1. The Morgan fingerprint density at radius 2 is 2.00 bits per heavy atom. The summed E-state index contributed by atoms with van der Waals surface area (Å²) in [6, 6.07) is 11.9. The maximum absolute atomic E-state index is 12.8. The van der Waals surface area contributed by atoms with Gasteiger partial charge in [0.1, 0.15) is 0 Å². The molecule has 0 aromatic heterocycles. The van der Waals surface area contributed by atoms with Crippen LogP contribution in [0.15, 0.2) is 36.4 Å². The molecule has 0 radical (unpaired) electrons. The summed E-state index contributed by atoms with van der Waals surface area (Å²) in [5.41, 5.74) is 9.89. The fraction of sp³-hybridized carbons (Fsp3) is 0.316. The van der Waals surface area contributed by atoms with Crippen LogP contribution in [0.1, 0.15) is 24.0 Å². The molecule has 0 saturated heterocycles. The van der Waals surface area contributed by atoms with Crippen LogP contribution in [-0.4, -0.2) is 12.7 Å². The molecule has 3 N–H and O–H groups in total. The molecule has 1 amide bonds. The number of fused-ring (bicyclic) bond motifs is 3. The number of nitrogens with two attached hydrogens (primary N) is 1. The third-order valence-corrected chi connectivity index (χ3v) is 5.59.